The largest absolute Gasteiger partial charge is 0.468 e. The summed E-state index contributed by atoms with van der Waals surface area (Å²) in [6.07, 6.45) is 2.12. The van der Waals surface area contributed by atoms with Gasteiger partial charge >= 0.3 is 5.97 Å². The van der Waals surface area contributed by atoms with Crippen LogP contribution in [0.1, 0.15) is 19.8 Å². The van der Waals surface area contributed by atoms with E-state index in [4.69, 9.17) is 5.73 Å². The zero-order valence-corrected chi connectivity index (χ0v) is 6.39. The predicted octanol–water partition coefficient (Wildman–Crippen LogP) is 0.287. The number of nitrogens with two attached hydrogens (primary N) is 1. The fourth-order valence-corrected chi connectivity index (χ4v) is 1.07. The van der Waals surface area contributed by atoms with Gasteiger partial charge in [-0.3, -0.25) is 4.79 Å². The number of ether oxygens (including phenoxy) is 1. The molecule has 0 amide bonds. The Morgan fingerprint density at radius 2 is 2.20 bits per heavy atom. The summed E-state index contributed by atoms with van der Waals surface area (Å²) in [6, 6.07) is 0. The fourth-order valence-electron chi connectivity index (χ4n) is 1.07. The molecule has 1 aliphatic carbocycles. The molecule has 0 saturated heterocycles. The van der Waals surface area contributed by atoms with E-state index in [9.17, 15) is 4.79 Å². The molecule has 0 radical (unpaired) electrons. The van der Waals surface area contributed by atoms with Gasteiger partial charge in [0.25, 0.3) is 0 Å². The van der Waals surface area contributed by atoms with Gasteiger partial charge in [-0.15, -0.1) is 0 Å². The van der Waals surface area contributed by atoms with Crippen LogP contribution in [0.5, 0.6) is 0 Å². The summed E-state index contributed by atoms with van der Waals surface area (Å²) in [5.41, 5.74) is 4.96. The summed E-state index contributed by atoms with van der Waals surface area (Å²) >= 11 is 0. The molecule has 0 spiro atoms. The molecule has 58 valence electrons. The van der Waals surface area contributed by atoms with Gasteiger partial charge in [0.1, 0.15) is 5.54 Å². The third-order valence-electron chi connectivity index (χ3n) is 2.05. The molecule has 3 nitrogen and oxygen atoms in total. The zero-order chi connectivity index (χ0) is 7.78. The van der Waals surface area contributed by atoms with Crippen LogP contribution in [0.4, 0.5) is 0 Å². The summed E-state index contributed by atoms with van der Waals surface area (Å²) < 4.78 is 4.55. The van der Waals surface area contributed by atoms with Crippen LogP contribution in [0.2, 0.25) is 0 Å². The van der Waals surface area contributed by atoms with E-state index in [1.54, 1.807) is 6.92 Å². The van der Waals surface area contributed by atoms with Gasteiger partial charge in [0, 0.05) is 0 Å². The van der Waals surface area contributed by atoms with Crippen molar-refractivity contribution in [2.75, 3.05) is 7.11 Å². The minimum Gasteiger partial charge on any atom is -0.468 e. The molecule has 0 aliphatic heterocycles. The topological polar surface area (TPSA) is 52.3 Å². The lowest BCUT2D eigenvalue weighted by molar-refractivity contribution is -0.147. The summed E-state index contributed by atoms with van der Waals surface area (Å²) in [4.78, 5) is 11.0. The van der Waals surface area contributed by atoms with E-state index in [1.807, 2.05) is 0 Å². The zero-order valence-electron chi connectivity index (χ0n) is 6.39. The molecule has 1 aliphatic rings. The van der Waals surface area contributed by atoms with Crippen molar-refractivity contribution in [3.05, 3.63) is 0 Å². The SMILES string of the molecule is COC(=O)[C@](C)(N)C1CC1. The Kier molecular flexibility index (Phi) is 1.68. The number of carbonyl (C=O) groups is 1. The van der Waals surface area contributed by atoms with E-state index in [0.29, 0.717) is 5.92 Å². The number of esters is 1. The average Bonchev–Trinajstić information content (AvgIpc) is 2.66. The monoisotopic (exact) mass is 143 g/mol. The van der Waals surface area contributed by atoms with Crippen LogP contribution in [0.15, 0.2) is 0 Å². The Labute approximate surface area is 60.5 Å². The van der Waals surface area contributed by atoms with Gasteiger partial charge in [0.05, 0.1) is 7.11 Å². The van der Waals surface area contributed by atoms with E-state index in [-0.39, 0.29) is 5.97 Å². The molecule has 3 heteroatoms. The maximum Gasteiger partial charge on any atom is 0.325 e. The number of hydrogen-bond donors (Lipinski definition) is 1. The highest BCUT2D eigenvalue weighted by Crippen LogP contribution is 2.38. The first-order valence-corrected chi connectivity index (χ1v) is 3.46. The van der Waals surface area contributed by atoms with Gasteiger partial charge in [0.2, 0.25) is 0 Å². The van der Waals surface area contributed by atoms with Crippen molar-refractivity contribution in [3.8, 4) is 0 Å². The van der Waals surface area contributed by atoms with Crippen molar-refractivity contribution >= 4 is 5.97 Å². The minimum absolute atomic E-state index is 0.296. The maximum atomic E-state index is 11.0. The molecular formula is C7H13NO2. The van der Waals surface area contributed by atoms with Crippen LogP contribution < -0.4 is 5.73 Å². The van der Waals surface area contributed by atoms with Gasteiger partial charge in [-0.05, 0) is 25.7 Å². The standard InChI is InChI=1S/C7H13NO2/c1-7(8,5-3-4-5)6(9)10-2/h5H,3-4,8H2,1-2H3/t7-/m1/s1. The smallest absolute Gasteiger partial charge is 0.325 e. The van der Waals surface area contributed by atoms with Gasteiger partial charge < -0.3 is 10.5 Å². The molecule has 1 rings (SSSR count). The summed E-state index contributed by atoms with van der Waals surface area (Å²) in [5.74, 6) is 0.0509. The third-order valence-corrected chi connectivity index (χ3v) is 2.05. The van der Waals surface area contributed by atoms with E-state index in [1.165, 1.54) is 7.11 Å². The van der Waals surface area contributed by atoms with Gasteiger partial charge in [-0.1, -0.05) is 0 Å². The molecule has 0 bridgehead atoms. The third kappa shape index (κ3) is 1.14. The van der Waals surface area contributed by atoms with Gasteiger partial charge in [0.15, 0.2) is 0 Å². The molecule has 0 heterocycles. The van der Waals surface area contributed by atoms with Gasteiger partial charge in [-0.2, -0.15) is 0 Å². The van der Waals surface area contributed by atoms with Crippen LogP contribution in [0.3, 0.4) is 0 Å². The first kappa shape index (κ1) is 7.54. The van der Waals surface area contributed by atoms with Crippen LogP contribution >= 0.6 is 0 Å². The Bertz CT molecular complexity index is 150. The molecule has 10 heavy (non-hydrogen) atoms. The van der Waals surface area contributed by atoms with Crippen LogP contribution in [0.25, 0.3) is 0 Å². The second-order valence-electron chi connectivity index (χ2n) is 3.05. The number of hydrogen-bond acceptors (Lipinski definition) is 3. The highest BCUT2D eigenvalue weighted by atomic mass is 16.5. The highest BCUT2D eigenvalue weighted by Gasteiger charge is 2.44. The summed E-state index contributed by atoms with van der Waals surface area (Å²) in [6.45, 7) is 1.73. The van der Waals surface area contributed by atoms with Crippen molar-refractivity contribution in [1.82, 2.24) is 0 Å². The Morgan fingerprint density at radius 3 is 2.50 bits per heavy atom. The summed E-state index contributed by atoms with van der Waals surface area (Å²) in [7, 11) is 1.37. The van der Waals surface area contributed by atoms with Crippen molar-refractivity contribution < 1.29 is 9.53 Å². The molecule has 2 N–H and O–H groups in total. The molecule has 1 fully saturated rings. The predicted molar refractivity (Wildman–Crippen MR) is 37.3 cm³/mol. The normalized spacial score (nSPS) is 23.5. The molecule has 0 aromatic rings. The lowest BCUT2D eigenvalue weighted by atomic mass is 9.98. The second-order valence-corrected chi connectivity index (χ2v) is 3.05. The van der Waals surface area contributed by atoms with E-state index < -0.39 is 5.54 Å². The minimum atomic E-state index is -0.741. The van der Waals surface area contributed by atoms with E-state index >= 15 is 0 Å². The molecule has 1 atom stereocenters. The van der Waals surface area contributed by atoms with Crippen LogP contribution in [-0.2, 0) is 9.53 Å². The number of rotatable bonds is 2. The maximum absolute atomic E-state index is 11.0. The van der Waals surface area contributed by atoms with Crippen molar-refractivity contribution in [2.24, 2.45) is 11.7 Å². The first-order chi connectivity index (χ1) is 4.59. The molecular weight excluding hydrogens is 130 g/mol. The fraction of sp³-hybridized carbons (Fsp3) is 0.857. The summed E-state index contributed by atoms with van der Waals surface area (Å²) in [5, 5.41) is 0. The lowest BCUT2D eigenvalue weighted by Gasteiger charge is -2.20. The molecule has 1 saturated carbocycles. The number of carbonyl (C=O) groups excluding carboxylic acids is 1. The Morgan fingerprint density at radius 1 is 1.70 bits per heavy atom. The van der Waals surface area contributed by atoms with Gasteiger partial charge in [-0.25, -0.2) is 0 Å². The van der Waals surface area contributed by atoms with Crippen molar-refractivity contribution in [1.29, 1.82) is 0 Å². The Balaban J connectivity index is 2.56. The van der Waals surface area contributed by atoms with Crippen molar-refractivity contribution in [2.45, 2.75) is 25.3 Å². The van der Waals surface area contributed by atoms with E-state index in [0.717, 1.165) is 12.8 Å². The average molecular weight is 143 g/mol. The van der Waals surface area contributed by atoms with E-state index in [2.05, 4.69) is 4.74 Å². The highest BCUT2D eigenvalue weighted by molar-refractivity contribution is 5.80. The number of methoxy groups -OCH3 is 1. The quantitative estimate of drug-likeness (QED) is 0.565. The second kappa shape index (κ2) is 2.23. The Hall–Kier alpha value is -0.570. The lowest BCUT2D eigenvalue weighted by Crippen LogP contribution is -2.47. The van der Waals surface area contributed by atoms with Crippen LogP contribution in [-0.4, -0.2) is 18.6 Å². The first-order valence-electron chi connectivity index (χ1n) is 3.46. The molecule has 0 aromatic heterocycles. The van der Waals surface area contributed by atoms with Crippen LogP contribution in [0, 0.1) is 5.92 Å². The molecule has 0 aromatic carbocycles. The van der Waals surface area contributed by atoms with Crippen molar-refractivity contribution in [3.63, 3.8) is 0 Å². The molecule has 0 unspecified atom stereocenters.